The van der Waals surface area contributed by atoms with Crippen molar-refractivity contribution in [2.75, 3.05) is 26.2 Å². The van der Waals surface area contributed by atoms with E-state index in [1.807, 2.05) is 13.8 Å². The summed E-state index contributed by atoms with van der Waals surface area (Å²) in [5, 5.41) is 15.1. The number of aliphatic hydroxyl groups excluding tert-OH is 1. The molecule has 1 saturated heterocycles. The van der Waals surface area contributed by atoms with Gasteiger partial charge in [0, 0.05) is 19.5 Å². The van der Waals surface area contributed by atoms with Crippen LogP contribution in [-0.2, 0) is 9.59 Å². The highest BCUT2D eigenvalue weighted by atomic mass is 16.3. The van der Waals surface area contributed by atoms with Gasteiger partial charge in [-0.1, -0.05) is 13.8 Å². The molecule has 104 valence electrons. The monoisotopic (exact) mass is 257 g/mol. The third-order valence-corrected chi connectivity index (χ3v) is 3.20. The minimum atomic E-state index is -0.504. The molecular weight excluding hydrogens is 234 g/mol. The minimum absolute atomic E-state index is 0.221. The molecule has 0 spiro atoms. The molecule has 2 amide bonds. The van der Waals surface area contributed by atoms with E-state index in [0.717, 1.165) is 13.1 Å². The molecule has 0 aromatic heterocycles. The van der Waals surface area contributed by atoms with Gasteiger partial charge in [0.2, 0.25) is 11.8 Å². The van der Waals surface area contributed by atoms with E-state index in [0.29, 0.717) is 25.9 Å². The summed E-state index contributed by atoms with van der Waals surface area (Å²) in [5.74, 6) is -0.511. The molecular formula is C12H23N3O3. The van der Waals surface area contributed by atoms with Crippen molar-refractivity contribution in [3.05, 3.63) is 0 Å². The molecule has 3 N–H and O–H groups in total. The van der Waals surface area contributed by atoms with Crippen LogP contribution in [0.4, 0.5) is 0 Å². The molecule has 0 aromatic carbocycles. The maximum absolute atomic E-state index is 11.5. The van der Waals surface area contributed by atoms with Gasteiger partial charge in [0.05, 0.1) is 12.1 Å². The average Bonchev–Trinajstić information content (AvgIpc) is 2.35. The largest absolute Gasteiger partial charge is 0.390 e. The number of carbonyl (C=O) groups excluding carboxylic acids is 2. The van der Waals surface area contributed by atoms with Crippen molar-refractivity contribution in [3.8, 4) is 0 Å². The predicted octanol–water partition coefficient (Wildman–Crippen LogP) is -0.916. The Hall–Kier alpha value is -0.980. The number of rotatable bonds is 7. The Balaban J connectivity index is 2.27. The highest BCUT2D eigenvalue weighted by molar-refractivity contribution is 6.00. The molecule has 0 bridgehead atoms. The molecule has 1 rings (SSSR count). The number of amides is 2. The number of likely N-dealkylation sites (N-methyl/N-ethyl adjacent to an activating group) is 1. The van der Waals surface area contributed by atoms with Gasteiger partial charge in [-0.2, -0.15) is 0 Å². The fourth-order valence-corrected chi connectivity index (χ4v) is 2.01. The van der Waals surface area contributed by atoms with Crippen LogP contribution in [0, 0.1) is 0 Å². The van der Waals surface area contributed by atoms with Crippen molar-refractivity contribution in [1.82, 2.24) is 15.5 Å². The minimum Gasteiger partial charge on any atom is -0.390 e. The topological polar surface area (TPSA) is 81.7 Å². The van der Waals surface area contributed by atoms with Crippen LogP contribution >= 0.6 is 0 Å². The normalized spacial score (nSPS) is 22.1. The third kappa shape index (κ3) is 4.72. The third-order valence-electron chi connectivity index (χ3n) is 3.20. The highest BCUT2D eigenvalue weighted by Gasteiger charge is 2.26. The van der Waals surface area contributed by atoms with E-state index in [4.69, 9.17) is 0 Å². The lowest BCUT2D eigenvalue weighted by molar-refractivity contribution is -0.134. The van der Waals surface area contributed by atoms with Crippen LogP contribution in [0.15, 0.2) is 0 Å². The fourth-order valence-electron chi connectivity index (χ4n) is 2.01. The molecule has 0 radical (unpaired) electrons. The van der Waals surface area contributed by atoms with Crippen molar-refractivity contribution >= 4 is 11.8 Å². The lowest BCUT2D eigenvalue weighted by Gasteiger charge is -2.25. The Bertz CT molecular complexity index is 292. The number of nitrogens with zero attached hydrogens (tertiary/aromatic N) is 1. The fraction of sp³-hybridized carbons (Fsp3) is 0.833. The van der Waals surface area contributed by atoms with Gasteiger partial charge in [-0.15, -0.1) is 0 Å². The van der Waals surface area contributed by atoms with Crippen molar-refractivity contribution < 1.29 is 14.7 Å². The lowest BCUT2D eigenvalue weighted by Crippen LogP contribution is -2.52. The van der Waals surface area contributed by atoms with E-state index in [1.165, 1.54) is 0 Å². The molecule has 6 nitrogen and oxygen atoms in total. The molecule has 2 unspecified atom stereocenters. The predicted molar refractivity (Wildman–Crippen MR) is 68.0 cm³/mol. The molecule has 18 heavy (non-hydrogen) atoms. The second-order valence-electron chi connectivity index (χ2n) is 4.55. The molecule has 0 saturated carbocycles. The first-order valence-electron chi connectivity index (χ1n) is 6.54. The van der Waals surface area contributed by atoms with Crippen molar-refractivity contribution in [1.29, 1.82) is 0 Å². The Kier molecular flexibility index (Phi) is 6.24. The van der Waals surface area contributed by atoms with Crippen LogP contribution in [0.3, 0.4) is 0 Å². The summed E-state index contributed by atoms with van der Waals surface area (Å²) in [7, 11) is 0. The molecule has 0 aliphatic carbocycles. The SMILES string of the molecule is CCN(CC)CC(O)CNC1CCC(=O)NC1=O. The summed E-state index contributed by atoms with van der Waals surface area (Å²) in [6, 6.07) is -0.367. The molecule has 2 atom stereocenters. The van der Waals surface area contributed by atoms with E-state index in [9.17, 15) is 14.7 Å². The summed E-state index contributed by atoms with van der Waals surface area (Å²) in [6.07, 6.45) is 0.355. The van der Waals surface area contributed by atoms with Gasteiger partial charge in [-0.05, 0) is 19.5 Å². The first kappa shape index (κ1) is 15.1. The Morgan fingerprint density at radius 2 is 2.11 bits per heavy atom. The lowest BCUT2D eigenvalue weighted by atomic mass is 10.1. The van der Waals surface area contributed by atoms with Gasteiger partial charge in [0.1, 0.15) is 0 Å². The number of hydrogen-bond donors (Lipinski definition) is 3. The van der Waals surface area contributed by atoms with E-state index in [-0.39, 0.29) is 17.9 Å². The van der Waals surface area contributed by atoms with Crippen molar-refractivity contribution in [2.24, 2.45) is 0 Å². The van der Waals surface area contributed by atoms with Crippen LogP contribution in [0.2, 0.25) is 0 Å². The summed E-state index contributed by atoms with van der Waals surface area (Å²) in [4.78, 5) is 24.6. The molecule has 1 heterocycles. The summed E-state index contributed by atoms with van der Waals surface area (Å²) in [5.41, 5.74) is 0. The molecule has 1 aliphatic heterocycles. The zero-order chi connectivity index (χ0) is 13.5. The van der Waals surface area contributed by atoms with E-state index in [1.54, 1.807) is 0 Å². The second kappa shape index (κ2) is 7.45. The van der Waals surface area contributed by atoms with E-state index >= 15 is 0 Å². The number of aliphatic hydroxyl groups is 1. The summed E-state index contributed by atoms with van der Waals surface area (Å²) in [6.45, 7) is 6.84. The first-order chi connectivity index (χ1) is 8.56. The van der Waals surface area contributed by atoms with E-state index in [2.05, 4.69) is 15.5 Å². The number of imide groups is 1. The van der Waals surface area contributed by atoms with Crippen LogP contribution in [0.25, 0.3) is 0 Å². The van der Waals surface area contributed by atoms with E-state index < -0.39 is 6.10 Å². The van der Waals surface area contributed by atoms with Gasteiger partial charge in [-0.3, -0.25) is 14.9 Å². The highest BCUT2D eigenvalue weighted by Crippen LogP contribution is 2.04. The second-order valence-corrected chi connectivity index (χ2v) is 4.55. The zero-order valence-electron chi connectivity index (χ0n) is 11.1. The standard InChI is InChI=1S/C12H23N3O3/c1-3-15(4-2)8-9(16)7-13-10-5-6-11(17)14-12(10)18/h9-10,13,16H,3-8H2,1-2H3,(H,14,17,18). The average molecular weight is 257 g/mol. The van der Waals surface area contributed by atoms with Gasteiger partial charge >= 0.3 is 0 Å². The first-order valence-corrected chi connectivity index (χ1v) is 6.54. The molecule has 0 aromatic rings. The number of carbonyl (C=O) groups is 2. The van der Waals surface area contributed by atoms with Gasteiger partial charge in [0.15, 0.2) is 0 Å². The Labute approximate surface area is 108 Å². The quantitative estimate of drug-likeness (QED) is 0.514. The van der Waals surface area contributed by atoms with Crippen LogP contribution in [0.1, 0.15) is 26.7 Å². The number of piperidine rings is 1. The molecule has 1 aliphatic rings. The zero-order valence-corrected chi connectivity index (χ0v) is 11.1. The van der Waals surface area contributed by atoms with Crippen molar-refractivity contribution in [3.63, 3.8) is 0 Å². The Morgan fingerprint density at radius 3 is 2.67 bits per heavy atom. The van der Waals surface area contributed by atoms with Gasteiger partial charge < -0.3 is 15.3 Å². The van der Waals surface area contributed by atoms with Crippen molar-refractivity contribution in [2.45, 2.75) is 38.8 Å². The maximum atomic E-state index is 11.5. The van der Waals surface area contributed by atoms with Gasteiger partial charge in [0.25, 0.3) is 0 Å². The maximum Gasteiger partial charge on any atom is 0.243 e. The summed E-state index contributed by atoms with van der Waals surface area (Å²) >= 11 is 0. The van der Waals surface area contributed by atoms with Crippen LogP contribution in [-0.4, -0.2) is 60.1 Å². The van der Waals surface area contributed by atoms with Crippen LogP contribution < -0.4 is 10.6 Å². The molecule has 1 fully saturated rings. The number of hydrogen-bond acceptors (Lipinski definition) is 5. The number of nitrogens with one attached hydrogen (secondary N) is 2. The van der Waals surface area contributed by atoms with Crippen LogP contribution in [0.5, 0.6) is 0 Å². The van der Waals surface area contributed by atoms with Gasteiger partial charge in [-0.25, -0.2) is 0 Å². The summed E-state index contributed by atoms with van der Waals surface area (Å²) < 4.78 is 0. The Morgan fingerprint density at radius 1 is 1.44 bits per heavy atom. The smallest absolute Gasteiger partial charge is 0.243 e. The molecule has 6 heteroatoms.